The smallest absolute Gasteiger partial charge is 0.260 e. The molecule has 2 atom stereocenters. The van der Waals surface area contributed by atoms with Crippen LogP contribution in [-0.2, 0) is 0 Å². The molecule has 18 heavy (non-hydrogen) atoms. The van der Waals surface area contributed by atoms with Gasteiger partial charge in [-0.3, -0.25) is 4.48 Å². The molecule has 0 bridgehead atoms. The van der Waals surface area contributed by atoms with E-state index >= 15 is 0 Å². The highest BCUT2D eigenvalue weighted by atomic mass is 19.3. The number of halogens is 5. The van der Waals surface area contributed by atoms with Crippen LogP contribution in [-0.4, -0.2) is 42.8 Å². The van der Waals surface area contributed by atoms with Gasteiger partial charge in [0.05, 0.1) is 20.1 Å². The number of quaternary nitrogens is 1. The zero-order chi connectivity index (χ0) is 14.0. The second kappa shape index (κ2) is 5.31. The zero-order valence-corrected chi connectivity index (χ0v) is 10.9. The number of nitrogens with zero attached hydrogens (tertiary/aromatic N) is 1. The topological polar surface area (TPSA) is 0 Å². The van der Waals surface area contributed by atoms with E-state index in [4.69, 9.17) is 0 Å². The molecule has 1 nitrogen and oxygen atoms in total. The van der Waals surface area contributed by atoms with Gasteiger partial charge in [0.25, 0.3) is 0 Å². The van der Waals surface area contributed by atoms with Gasteiger partial charge in [-0.25, -0.2) is 4.39 Å². The predicted molar refractivity (Wildman–Crippen MR) is 59.5 cm³/mol. The number of hydrogen-bond donors (Lipinski definition) is 0. The molecule has 1 aliphatic rings. The lowest BCUT2D eigenvalue weighted by Gasteiger charge is -2.47. The van der Waals surface area contributed by atoms with Crippen molar-refractivity contribution in [2.75, 3.05) is 20.1 Å². The Kier molecular flexibility index (Phi) is 4.62. The molecule has 1 saturated heterocycles. The first-order valence-electron chi connectivity index (χ1n) is 6.43. The summed E-state index contributed by atoms with van der Waals surface area (Å²) < 4.78 is 66.1. The van der Waals surface area contributed by atoms with Gasteiger partial charge in [-0.15, -0.1) is 8.78 Å². The second-order valence-corrected chi connectivity index (χ2v) is 5.32. The summed E-state index contributed by atoms with van der Waals surface area (Å²) in [6.07, 6.45) is -0.198. The maximum absolute atomic E-state index is 13.8. The van der Waals surface area contributed by atoms with Crippen molar-refractivity contribution in [2.24, 2.45) is 0 Å². The summed E-state index contributed by atoms with van der Waals surface area (Å²) in [7, 11) is 1.10. The molecule has 1 rings (SSSR count). The summed E-state index contributed by atoms with van der Waals surface area (Å²) >= 11 is 0. The van der Waals surface area contributed by atoms with Gasteiger partial charge >= 0.3 is 12.0 Å². The summed E-state index contributed by atoms with van der Waals surface area (Å²) in [6.45, 7) is 1.71. The molecule has 0 amide bonds. The number of likely N-dealkylation sites (tertiary alicyclic amines) is 1. The van der Waals surface area contributed by atoms with Crippen molar-refractivity contribution in [1.82, 2.24) is 0 Å². The van der Waals surface area contributed by atoms with Crippen molar-refractivity contribution in [3.05, 3.63) is 0 Å². The van der Waals surface area contributed by atoms with Crippen LogP contribution < -0.4 is 0 Å². The van der Waals surface area contributed by atoms with Gasteiger partial charge in [-0.05, 0) is 12.8 Å². The third kappa shape index (κ3) is 2.49. The number of rotatable bonds is 5. The summed E-state index contributed by atoms with van der Waals surface area (Å²) in [5, 5.41) is 0. The third-order valence-corrected chi connectivity index (χ3v) is 3.85. The van der Waals surface area contributed by atoms with Crippen LogP contribution in [0.15, 0.2) is 0 Å². The minimum absolute atomic E-state index is 0.0324. The Balaban J connectivity index is 2.74. The van der Waals surface area contributed by atoms with E-state index in [0.29, 0.717) is 6.42 Å². The molecule has 0 aromatic heterocycles. The highest BCUT2D eigenvalue weighted by Gasteiger charge is 2.75. The molecule has 108 valence electrons. The predicted octanol–water partition coefficient (Wildman–Crippen LogP) is 3.98. The van der Waals surface area contributed by atoms with Crippen molar-refractivity contribution >= 4 is 0 Å². The molecule has 0 saturated carbocycles. The fourth-order valence-corrected chi connectivity index (χ4v) is 2.41. The van der Waals surface area contributed by atoms with Crippen LogP contribution in [0.2, 0.25) is 0 Å². The standard InChI is InChI=1S/C12H21F5N/c1-3-4-5-6-8-18(2)9-7-10(13)11(14,15)12(18,16)17/h10H,3-9H2,1-2H3/q+1. The molecule has 0 radical (unpaired) electrons. The van der Waals surface area contributed by atoms with Crippen LogP contribution in [0.3, 0.4) is 0 Å². The van der Waals surface area contributed by atoms with Gasteiger partial charge in [0.1, 0.15) is 0 Å². The summed E-state index contributed by atoms with van der Waals surface area (Å²) in [4.78, 5) is 0. The quantitative estimate of drug-likeness (QED) is 0.308. The SMILES string of the molecule is CCCCCC[N+]1(C)CCC(F)C(F)(F)C1(F)F. The van der Waals surface area contributed by atoms with E-state index in [9.17, 15) is 22.0 Å². The molecule has 1 fully saturated rings. The number of piperidine rings is 1. The van der Waals surface area contributed by atoms with Crippen molar-refractivity contribution in [2.45, 2.75) is 57.2 Å². The molecule has 0 aromatic carbocycles. The van der Waals surface area contributed by atoms with Crippen molar-refractivity contribution in [3.8, 4) is 0 Å². The van der Waals surface area contributed by atoms with Crippen LogP contribution in [0.4, 0.5) is 22.0 Å². The maximum Gasteiger partial charge on any atom is 0.457 e. The largest absolute Gasteiger partial charge is 0.457 e. The fourth-order valence-electron chi connectivity index (χ4n) is 2.41. The van der Waals surface area contributed by atoms with E-state index in [1.54, 1.807) is 0 Å². The van der Waals surface area contributed by atoms with E-state index in [2.05, 4.69) is 0 Å². The third-order valence-electron chi connectivity index (χ3n) is 3.85. The van der Waals surface area contributed by atoms with E-state index < -0.39 is 29.0 Å². The van der Waals surface area contributed by atoms with Gasteiger partial charge in [-0.2, -0.15) is 8.78 Å². The lowest BCUT2D eigenvalue weighted by molar-refractivity contribution is -1.01. The van der Waals surface area contributed by atoms with Gasteiger partial charge in [-0.1, -0.05) is 19.8 Å². The van der Waals surface area contributed by atoms with Crippen LogP contribution in [0.5, 0.6) is 0 Å². The Morgan fingerprint density at radius 1 is 1.11 bits per heavy atom. The fraction of sp³-hybridized carbons (Fsp3) is 1.00. The first-order valence-corrected chi connectivity index (χ1v) is 6.43. The Labute approximate surface area is 105 Å². The molecule has 1 heterocycles. The highest BCUT2D eigenvalue weighted by molar-refractivity contribution is 4.89. The average Bonchev–Trinajstić information content (AvgIpc) is 2.29. The lowest BCUT2D eigenvalue weighted by atomic mass is 9.99. The Morgan fingerprint density at radius 2 is 1.72 bits per heavy atom. The van der Waals surface area contributed by atoms with Crippen molar-refractivity contribution in [1.29, 1.82) is 0 Å². The van der Waals surface area contributed by atoms with Gasteiger partial charge in [0.2, 0.25) is 0 Å². The van der Waals surface area contributed by atoms with Crippen LogP contribution in [0.25, 0.3) is 0 Å². The first-order chi connectivity index (χ1) is 8.19. The molecule has 6 heteroatoms. The van der Waals surface area contributed by atoms with E-state index in [1.807, 2.05) is 6.92 Å². The van der Waals surface area contributed by atoms with Gasteiger partial charge in [0.15, 0.2) is 6.17 Å². The molecule has 2 unspecified atom stereocenters. The van der Waals surface area contributed by atoms with Gasteiger partial charge < -0.3 is 0 Å². The molecule has 0 aromatic rings. The normalized spacial score (nSPS) is 34.5. The Morgan fingerprint density at radius 3 is 2.28 bits per heavy atom. The van der Waals surface area contributed by atoms with Crippen LogP contribution in [0.1, 0.15) is 39.0 Å². The highest BCUT2D eigenvalue weighted by Crippen LogP contribution is 2.49. The van der Waals surface area contributed by atoms with Crippen molar-refractivity contribution in [3.63, 3.8) is 0 Å². The summed E-state index contributed by atoms with van der Waals surface area (Å²) in [5.41, 5.74) is 0. The number of alkyl halides is 5. The molecule has 1 aliphatic heterocycles. The molecule has 0 aliphatic carbocycles. The number of unbranched alkanes of at least 4 members (excludes halogenated alkanes) is 3. The summed E-state index contributed by atoms with van der Waals surface area (Å²) in [5.74, 6) is -4.56. The van der Waals surface area contributed by atoms with Crippen molar-refractivity contribution < 1.29 is 26.4 Å². The second-order valence-electron chi connectivity index (χ2n) is 5.32. The minimum atomic E-state index is -4.56. The van der Waals surface area contributed by atoms with Crippen LogP contribution in [0, 0.1) is 0 Å². The van der Waals surface area contributed by atoms with E-state index in [0.717, 1.165) is 26.3 Å². The molecule has 0 spiro atoms. The lowest BCUT2D eigenvalue weighted by Crippen LogP contribution is -2.72. The van der Waals surface area contributed by atoms with Gasteiger partial charge in [0, 0.05) is 6.42 Å². The zero-order valence-electron chi connectivity index (χ0n) is 10.9. The maximum atomic E-state index is 13.8. The van der Waals surface area contributed by atoms with Crippen LogP contribution >= 0.6 is 0 Å². The number of hydrogen-bond acceptors (Lipinski definition) is 0. The molecular weight excluding hydrogens is 253 g/mol. The van der Waals surface area contributed by atoms with E-state index in [-0.39, 0.29) is 13.1 Å². The Hall–Kier alpha value is -0.390. The Bertz CT molecular complexity index is 282. The van der Waals surface area contributed by atoms with E-state index in [1.165, 1.54) is 0 Å². The monoisotopic (exact) mass is 274 g/mol. The summed E-state index contributed by atoms with van der Waals surface area (Å²) in [6, 6.07) is -4.32. The average molecular weight is 274 g/mol. The minimum Gasteiger partial charge on any atom is -0.260 e. The molecule has 0 N–H and O–H groups in total. The first kappa shape index (κ1) is 15.7. The molecular formula is C12H21F5N+.